The molecule has 2 amide bonds. The molecule has 0 radical (unpaired) electrons. The van der Waals surface area contributed by atoms with Gasteiger partial charge in [0, 0.05) is 66.2 Å². The molecule has 0 atom stereocenters. The molecular weight excluding hydrogens is 406 g/mol. The van der Waals surface area contributed by atoms with Crippen molar-refractivity contribution >= 4 is 11.8 Å². The van der Waals surface area contributed by atoms with Gasteiger partial charge in [-0.05, 0) is 74.3 Å². The molecule has 0 saturated heterocycles. The van der Waals surface area contributed by atoms with Gasteiger partial charge in [0.2, 0.25) is 11.8 Å². The average molecular weight is 458 g/mol. The predicted molar refractivity (Wildman–Crippen MR) is 134 cm³/mol. The highest BCUT2D eigenvalue weighted by Gasteiger charge is 2.11. The highest BCUT2D eigenvalue weighted by molar-refractivity contribution is 5.76. The minimum Gasteiger partial charge on any atom is -0.344 e. The molecule has 0 aromatic carbocycles. The zero-order chi connectivity index (χ0) is 24.4. The summed E-state index contributed by atoms with van der Waals surface area (Å²) < 4.78 is 0. The van der Waals surface area contributed by atoms with Crippen LogP contribution in [0.15, 0.2) is 0 Å². The van der Waals surface area contributed by atoms with Crippen molar-refractivity contribution in [3.05, 3.63) is 0 Å². The van der Waals surface area contributed by atoms with Gasteiger partial charge in [0.15, 0.2) is 0 Å². The van der Waals surface area contributed by atoms with Crippen LogP contribution >= 0.6 is 0 Å². The van der Waals surface area contributed by atoms with E-state index in [2.05, 4.69) is 46.5 Å². The lowest BCUT2D eigenvalue weighted by Gasteiger charge is -2.23. The van der Waals surface area contributed by atoms with Crippen molar-refractivity contribution in [2.45, 2.75) is 25.7 Å². The molecule has 0 aliphatic rings. The van der Waals surface area contributed by atoms with Gasteiger partial charge in [-0.3, -0.25) is 9.59 Å². The van der Waals surface area contributed by atoms with Gasteiger partial charge in [0.05, 0.1) is 0 Å². The molecule has 190 valence electrons. The van der Waals surface area contributed by atoms with E-state index in [1.807, 2.05) is 28.2 Å². The van der Waals surface area contributed by atoms with E-state index in [1.165, 1.54) is 0 Å². The second-order valence-corrected chi connectivity index (χ2v) is 8.95. The minimum absolute atomic E-state index is 0.208. The Kier molecular flexibility index (Phi) is 18.5. The summed E-state index contributed by atoms with van der Waals surface area (Å²) in [6.07, 6.45) is 3.35. The monoisotopic (exact) mass is 457 g/mol. The van der Waals surface area contributed by atoms with Crippen molar-refractivity contribution in [2.75, 3.05) is 115 Å². The fourth-order valence-corrected chi connectivity index (χ4v) is 3.32. The van der Waals surface area contributed by atoms with Gasteiger partial charge >= 0.3 is 0 Å². The second kappa shape index (κ2) is 19.2. The Morgan fingerprint density at radius 2 is 0.844 bits per heavy atom. The van der Waals surface area contributed by atoms with Gasteiger partial charge in [-0.25, -0.2) is 0 Å². The first-order valence-corrected chi connectivity index (χ1v) is 12.0. The predicted octanol–water partition coefficient (Wildman–Crippen LogP) is -0.302. The number of nitrogens with zero attached hydrogens (tertiary/aromatic N) is 5. The van der Waals surface area contributed by atoms with Crippen molar-refractivity contribution in [1.82, 2.24) is 35.1 Å². The van der Waals surface area contributed by atoms with Crippen molar-refractivity contribution in [3.63, 3.8) is 0 Å². The minimum atomic E-state index is 0.208. The van der Waals surface area contributed by atoms with E-state index < -0.39 is 0 Å². The summed E-state index contributed by atoms with van der Waals surface area (Å²) in [7, 11) is 13.9. The van der Waals surface area contributed by atoms with E-state index in [4.69, 9.17) is 0 Å². The third kappa shape index (κ3) is 16.4. The first-order valence-electron chi connectivity index (χ1n) is 12.0. The number of likely N-dealkylation sites (N-methyl/N-ethyl adjacent to an activating group) is 4. The van der Waals surface area contributed by atoms with E-state index in [0.717, 1.165) is 78.3 Å². The van der Waals surface area contributed by atoms with Gasteiger partial charge in [0.1, 0.15) is 0 Å². The van der Waals surface area contributed by atoms with Crippen LogP contribution < -0.4 is 10.6 Å². The first-order chi connectivity index (χ1) is 15.2. The number of hydrogen-bond acceptors (Lipinski definition) is 7. The lowest BCUT2D eigenvalue weighted by molar-refractivity contribution is -0.130. The van der Waals surface area contributed by atoms with Crippen molar-refractivity contribution in [2.24, 2.45) is 0 Å². The van der Waals surface area contributed by atoms with Crippen LogP contribution in [0.5, 0.6) is 0 Å². The highest BCUT2D eigenvalue weighted by Crippen LogP contribution is 1.99. The number of amides is 2. The van der Waals surface area contributed by atoms with Gasteiger partial charge in [-0.2, -0.15) is 0 Å². The number of rotatable bonds is 20. The molecule has 0 fully saturated rings. The average Bonchev–Trinajstić information content (AvgIpc) is 2.77. The van der Waals surface area contributed by atoms with Crippen LogP contribution in [0.1, 0.15) is 25.7 Å². The molecule has 0 aromatic rings. The summed E-state index contributed by atoms with van der Waals surface area (Å²) in [4.78, 5) is 34.7. The molecule has 9 nitrogen and oxygen atoms in total. The Morgan fingerprint density at radius 1 is 0.531 bits per heavy atom. The standard InChI is InChI=1S/C23H51N7O2/c1-24-12-20-29(6)22(31)10-18-27(4)16-8-14-26(3)15-9-17-28(5)19-11-23(32)30(7)21-13-25-2/h24-25H,8-21H2,1-7H3. The van der Waals surface area contributed by atoms with Crippen molar-refractivity contribution in [1.29, 1.82) is 0 Å². The van der Waals surface area contributed by atoms with E-state index in [-0.39, 0.29) is 11.8 Å². The van der Waals surface area contributed by atoms with E-state index in [0.29, 0.717) is 12.8 Å². The summed E-state index contributed by atoms with van der Waals surface area (Å²) in [5.74, 6) is 0.416. The smallest absolute Gasteiger partial charge is 0.223 e. The Labute approximate surface area is 197 Å². The van der Waals surface area contributed by atoms with Crippen LogP contribution in [0.3, 0.4) is 0 Å². The van der Waals surface area contributed by atoms with Gasteiger partial charge in [-0.1, -0.05) is 0 Å². The molecule has 0 aliphatic carbocycles. The highest BCUT2D eigenvalue weighted by atomic mass is 16.2. The Balaban J connectivity index is 3.80. The molecule has 2 N–H and O–H groups in total. The van der Waals surface area contributed by atoms with Crippen LogP contribution in [0.4, 0.5) is 0 Å². The normalized spacial score (nSPS) is 11.6. The Morgan fingerprint density at radius 3 is 1.16 bits per heavy atom. The van der Waals surface area contributed by atoms with Gasteiger partial charge < -0.3 is 35.1 Å². The van der Waals surface area contributed by atoms with Crippen LogP contribution in [-0.2, 0) is 9.59 Å². The Bertz CT molecular complexity index is 451. The zero-order valence-electron chi connectivity index (χ0n) is 22.0. The molecule has 0 unspecified atom stereocenters. The lowest BCUT2D eigenvalue weighted by Crippen LogP contribution is -2.35. The van der Waals surface area contributed by atoms with Crippen molar-refractivity contribution in [3.8, 4) is 0 Å². The van der Waals surface area contributed by atoms with E-state index in [9.17, 15) is 9.59 Å². The quantitative estimate of drug-likeness (QED) is 0.260. The molecular formula is C23H51N7O2. The topological polar surface area (TPSA) is 74.4 Å². The summed E-state index contributed by atoms with van der Waals surface area (Å²) in [6.45, 7) is 8.88. The molecule has 0 aliphatic heterocycles. The molecule has 0 heterocycles. The zero-order valence-corrected chi connectivity index (χ0v) is 22.0. The summed E-state index contributed by atoms with van der Waals surface area (Å²) in [6, 6.07) is 0. The summed E-state index contributed by atoms with van der Waals surface area (Å²) in [5, 5.41) is 6.14. The third-order valence-electron chi connectivity index (χ3n) is 5.82. The lowest BCUT2D eigenvalue weighted by atomic mass is 10.3. The maximum Gasteiger partial charge on any atom is 0.223 e. The summed E-state index contributed by atoms with van der Waals surface area (Å²) in [5.41, 5.74) is 0. The van der Waals surface area contributed by atoms with E-state index >= 15 is 0 Å². The third-order valence-corrected chi connectivity index (χ3v) is 5.82. The van der Waals surface area contributed by atoms with Crippen LogP contribution in [0.25, 0.3) is 0 Å². The van der Waals surface area contributed by atoms with Crippen LogP contribution in [0.2, 0.25) is 0 Å². The molecule has 32 heavy (non-hydrogen) atoms. The van der Waals surface area contributed by atoms with Gasteiger partial charge in [-0.15, -0.1) is 0 Å². The van der Waals surface area contributed by atoms with Crippen LogP contribution in [-0.4, -0.2) is 151 Å². The maximum absolute atomic E-state index is 12.1. The number of hydrogen-bond donors (Lipinski definition) is 2. The summed E-state index contributed by atoms with van der Waals surface area (Å²) >= 11 is 0. The van der Waals surface area contributed by atoms with Crippen molar-refractivity contribution < 1.29 is 9.59 Å². The number of carbonyl (C=O) groups is 2. The fraction of sp³-hybridized carbons (Fsp3) is 0.913. The fourth-order valence-electron chi connectivity index (χ4n) is 3.32. The number of nitrogens with one attached hydrogen (secondary N) is 2. The molecule has 0 aromatic heterocycles. The molecule has 0 rings (SSSR count). The Hall–Kier alpha value is -1.26. The SMILES string of the molecule is CNCCN(C)C(=O)CCN(C)CCCN(C)CCCN(C)CCC(=O)N(C)CCNC. The number of carbonyl (C=O) groups excluding carboxylic acids is 2. The second-order valence-electron chi connectivity index (χ2n) is 8.95. The molecule has 0 bridgehead atoms. The van der Waals surface area contributed by atoms with E-state index in [1.54, 1.807) is 9.80 Å². The maximum atomic E-state index is 12.1. The molecule has 0 spiro atoms. The van der Waals surface area contributed by atoms with Crippen LogP contribution in [0, 0.1) is 0 Å². The first kappa shape index (κ1) is 30.7. The molecule has 0 saturated carbocycles. The van der Waals surface area contributed by atoms with Gasteiger partial charge in [0.25, 0.3) is 0 Å². The molecule has 9 heteroatoms. The largest absolute Gasteiger partial charge is 0.344 e.